The average molecular weight is 293 g/mol. The zero-order chi connectivity index (χ0) is 11.8. The van der Waals surface area contributed by atoms with Gasteiger partial charge in [0.2, 0.25) is 0 Å². The lowest BCUT2D eigenvalue weighted by Gasteiger charge is -2.19. The first kappa shape index (κ1) is 11.0. The highest BCUT2D eigenvalue weighted by atomic mass is 79.9. The molecule has 0 saturated carbocycles. The van der Waals surface area contributed by atoms with E-state index in [1.54, 1.807) is 6.20 Å². The van der Waals surface area contributed by atoms with Gasteiger partial charge in [-0.05, 0) is 53.4 Å². The molecule has 0 bridgehead atoms. The summed E-state index contributed by atoms with van der Waals surface area (Å²) in [6.07, 6.45) is 6.39. The van der Waals surface area contributed by atoms with Crippen LogP contribution in [0.2, 0.25) is 0 Å². The predicted molar refractivity (Wildman–Crippen MR) is 69.2 cm³/mol. The molecule has 2 aromatic rings. The van der Waals surface area contributed by atoms with Crippen LogP contribution in [0.4, 0.5) is 0 Å². The predicted octanol–water partition coefficient (Wildman–Crippen LogP) is 3.00. The number of aliphatic hydroxyl groups is 1. The van der Waals surface area contributed by atoms with Crippen molar-refractivity contribution >= 4 is 15.9 Å². The Morgan fingerprint density at radius 2 is 2.24 bits per heavy atom. The molecule has 2 heterocycles. The van der Waals surface area contributed by atoms with Crippen LogP contribution in [-0.2, 0) is 6.42 Å². The molecule has 0 amide bonds. The third-order valence-corrected chi connectivity index (χ3v) is 3.71. The maximum atomic E-state index is 9.92. The van der Waals surface area contributed by atoms with Gasteiger partial charge < -0.3 is 9.67 Å². The topological polar surface area (TPSA) is 38.0 Å². The van der Waals surface area contributed by atoms with Crippen LogP contribution in [0.1, 0.15) is 30.2 Å². The highest BCUT2D eigenvalue weighted by Gasteiger charge is 2.21. The molecule has 0 spiro atoms. The fraction of sp³-hybridized carbons (Fsp3) is 0.308. The monoisotopic (exact) mass is 292 g/mol. The Hall–Kier alpha value is -1.13. The molecule has 3 nitrogen and oxygen atoms in total. The maximum Gasteiger partial charge on any atom is 0.136 e. The van der Waals surface area contributed by atoms with E-state index >= 15 is 0 Å². The van der Waals surface area contributed by atoms with Crippen molar-refractivity contribution in [1.29, 1.82) is 0 Å². The van der Waals surface area contributed by atoms with Crippen LogP contribution in [0.5, 0.6) is 0 Å². The van der Waals surface area contributed by atoms with Gasteiger partial charge >= 0.3 is 0 Å². The molecule has 0 saturated heterocycles. The summed E-state index contributed by atoms with van der Waals surface area (Å²) in [6, 6.07) is 5.96. The highest BCUT2D eigenvalue weighted by Crippen LogP contribution is 2.31. The summed E-state index contributed by atoms with van der Waals surface area (Å²) in [5.74, 6) is 0.906. The van der Waals surface area contributed by atoms with Crippen LogP contribution in [0.3, 0.4) is 0 Å². The molecule has 0 fully saturated rings. The van der Waals surface area contributed by atoms with Crippen LogP contribution in [0.25, 0.3) is 5.82 Å². The lowest BCUT2D eigenvalue weighted by Crippen LogP contribution is -2.11. The third-order valence-electron chi connectivity index (χ3n) is 3.24. The second-order valence-corrected chi connectivity index (χ2v) is 5.25. The maximum absolute atomic E-state index is 9.92. The van der Waals surface area contributed by atoms with E-state index in [4.69, 9.17) is 0 Å². The van der Waals surface area contributed by atoms with E-state index in [0.717, 1.165) is 35.1 Å². The van der Waals surface area contributed by atoms with Crippen molar-refractivity contribution in [3.63, 3.8) is 0 Å². The van der Waals surface area contributed by atoms with E-state index in [9.17, 15) is 5.11 Å². The molecule has 4 heteroatoms. The van der Waals surface area contributed by atoms with Crippen molar-refractivity contribution in [3.05, 3.63) is 46.3 Å². The highest BCUT2D eigenvalue weighted by molar-refractivity contribution is 9.10. The van der Waals surface area contributed by atoms with Crippen LogP contribution in [-0.4, -0.2) is 14.7 Å². The van der Waals surface area contributed by atoms with Gasteiger partial charge in [0.1, 0.15) is 5.82 Å². The zero-order valence-electron chi connectivity index (χ0n) is 9.31. The first-order chi connectivity index (χ1) is 8.25. The zero-order valence-corrected chi connectivity index (χ0v) is 10.9. The smallest absolute Gasteiger partial charge is 0.136 e. The fourth-order valence-corrected chi connectivity index (χ4v) is 2.63. The standard InChI is InChI=1S/C13H13BrN2O/c14-9-4-5-13(15-8-9)16-7-6-10-11(16)2-1-3-12(10)17/h4-8,12,17H,1-3H2. The lowest BCUT2D eigenvalue weighted by molar-refractivity contribution is 0.156. The Balaban J connectivity index is 2.07. The Labute approximate surface area is 108 Å². The van der Waals surface area contributed by atoms with Crippen LogP contribution in [0.15, 0.2) is 35.1 Å². The van der Waals surface area contributed by atoms with E-state index in [1.807, 2.05) is 24.4 Å². The summed E-state index contributed by atoms with van der Waals surface area (Å²) >= 11 is 3.38. The molecular formula is C13H13BrN2O. The number of aromatic nitrogens is 2. The second-order valence-electron chi connectivity index (χ2n) is 4.33. The molecule has 1 aliphatic carbocycles. The van der Waals surface area contributed by atoms with Gasteiger partial charge in [-0.1, -0.05) is 0 Å². The van der Waals surface area contributed by atoms with E-state index in [-0.39, 0.29) is 6.10 Å². The summed E-state index contributed by atoms with van der Waals surface area (Å²) in [4.78, 5) is 4.39. The van der Waals surface area contributed by atoms with E-state index < -0.39 is 0 Å². The molecule has 3 rings (SSSR count). The van der Waals surface area contributed by atoms with Crippen molar-refractivity contribution in [2.75, 3.05) is 0 Å². The molecule has 0 aliphatic heterocycles. The summed E-state index contributed by atoms with van der Waals surface area (Å²) in [7, 11) is 0. The number of fused-ring (bicyclic) bond motifs is 1. The SMILES string of the molecule is OC1CCCc2c1ccn2-c1ccc(Br)cn1. The largest absolute Gasteiger partial charge is 0.388 e. The van der Waals surface area contributed by atoms with Gasteiger partial charge in [0.05, 0.1) is 6.10 Å². The Morgan fingerprint density at radius 1 is 1.35 bits per heavy atom. The molecule has 1 atom stereocenters. The molecule has 1 N–H and O–H groups in total. The van der Waals surface area contributed by atoms with Crippen molar-refractivity contribution in [1.82, 2.24) is 9.55 Å². The van der Waals surface area contributed by atoms with Crippen molar-refractivity contribution < 1.29 is 5.11 Å². The number of rotatable bonds is 1. The number of nitrogens with zero attached hydrogens (tertiary/aromatic N) is 2. The van der Waals surface area contributed by atoms with Gasteiger partial charge in [-0.25, -0.2) is 4.98 Å². The van der Waals surface area contributed by atoms with Gasteiger partial charge in [-0.15, -0.1) is 0 Å². The first-order valence-electron chi connectivity index (χ1n) is 5.76. The Bertz CT molecular complexity index is 533. The van der Waals surface area contributed by atoms with Gasteiger partial charge in [0.15, 0.2) is 0 Å². The molecule has 0 radical (unpaired) electrons. The summed E-state index contributed by atoms with van der Waals surface area (Å²) in [5.41, 5.74) is 2.25. The third kappa shape index (κ3) is 1.91. The minimum absolute atomic E-state index is 0.310. The van der Waals surface area contributed by atoms with Gasteiger partial charge in [0.25, 0.3) is 0 Å². The van der Waals surface area contributed by atoms with Crippen molar-refractivity contribution in [2.24, 2.45) is 0 Å². The normalized spacial score (nSPS) is 19.1. The number of halogens is 1. The summed E-state index contributed by atoms with van der Waals surface area (Å²) in [5, 5.41) is 9.92. The minimum atomic E-state index is -0.310. The van der Waals surface area contributed by atoms with Crippen molar-refractivity contribution in [2.45, 2.75) is 25.4 Å². The fourth-order valence-electron chi connectivity index (χ4n) is 2.39. The van der Waals surface area contributed by atoms with Crippen LogP contribution < -0.4 is 0 Å². The quantitative estimate of drug-likeness (QED) is 0.877. The molecule has 1 aliphatic rings. The molecule has 2 aromatic heterocycles. The van der Waals surface area contributed by atoms with Gasteiger partial charge in [0, 0.05) is 28.1 Å². The van der Waals surface area contributed by atoms with E-state index in [0.29, 0.717) is 0 Å². The minimum Gasteiger partial charge on any atom is -0.388 e. The number of hydrogen-bond acceptors (Lipinski definition) is 2. The number of aliphatic hydroxyl groups excluding tert-OH is 1. The molecule has 0 aromatic carbocycles. The van der Waals surface area contributed by atoms with Gasteiger partial charge in [-0.3, -0.25) is 0 Å². The molecule has 1 unspecified atom stereocenters. The number of hydrogen-bond donors (Lipinski definition) is 1. The van der Waals surface area contributed by atoms with Crippen molar-refractivity contribution in [3.8, 4) is 5.82 Å². The van der Waals surface area contributed by atoms with E-state index in [2.05, 4.69) is 25.5 Å². The summed E-state index contributed by atoms with van der Waals surface area (Å²) in [6.45, 7) is 0. The molecule has 88 valence electrons. The van der Waals surface area contributed by atoms with Crippen LogP contribution >= 0.6 is 15.9 Å². The number of pyridine rings is 1. The molecular weight excluding hydrogens is 280 g/mol. The Kier molecular flexibility index (Phi) is 2.76. The average Bonchev–Trinajstić information content (AvgIpc) is 2.75. The second kappa shape index (κ2) is 4.27. The Morgan fingerprint density at radius 3 is 3.00 bits per heavy atom. The molecule has 17 heavy (non-hydrogen) atoms. The van der Waals surface area contributed by atoms with Crippen LogP contribution in [0, 0.1) is 0 Å². The first-order valence-corrected chi connectivity index (χ1v) is 6.55. The van der Waals surface area contributed by atoms with Gasteiger partial charge in [-0.2, -0.15) is 0 Å². The van der Waals surface area contributed by atoms with E-state index in [1.165, 1.54) is 5.69 Å². The summed E-state index contributed by atoms with van der Waals surface area (Å²) < 4.78 is 3.05. The lowest BCUT2D eigenvalue weighted by atomic mass is 9.95.